The zero-order valence-corrected chi connectivity index (χ0v) is 19.7. The van der Waals surface area contributed by atoms with E-state index in [1.807, 2.05) is 12.3 Å². The van der Waals surface area contributed by atoms with Crippen LogP contribution in [0.15, 0.2) is 24.5 Å². The van der Waals surface area contributed by atoms with Gasteiger partial charge in [0.05, 0.1) is 31.6 Å². The van der Waals surface area contributed by atoms with Crippen molar-refractivity contribution in [1.29, 1.82) is 0 Å². The third-order valence-corrected chi connectivity index (χ3v) is 7.34. The highest BCUT2D eigenvalue weighted by molar-refractivity contribution is 5.92. The minimum absolute atomic E-state index is 0.0883. The first-order valence-electron chi connectivity index (χ1n) is 12.3. The molecule has 0 radical (unpaired) electrons. The van der Waals surface area contributed by atoms with Gasteiger partial charge in [-0.3, -0.25) is 9.58 Å². The SMILES string of the molecule is COC(=O)N1c2ccc(-c3cnn(C4CCNCC4)c3)c(OCC3CCNC3)c2CCC1C. The summed E-state index contributed by atoms with van der Waals surface area (Å²) in [5.41, 5.74) is 4.12. The minimum atomic E-state index is -0.319. The molecule has 1 amide bonds. The number of amides is 1. The van der Waals surface area contributed by atoms with Crippen LogP contribution in [0.2, 0.25) is 0 Å². The molecule has 178 valence electrons. The van der Waals surface area contributed by atoms with E-state index in [-0.39, 0.29) is 12.1 Å². The summed E-state index contributed by atoms with van der Waals surface area (Å²) < 4.78 is 13.8. The Bertz CT molecular complexity index is 978. The van der Waals surface area contributed by atoms with Crippen LogP contribution in [0.1, 0.15) is 44.2 Å². The molecule has 2 aromatic rings. The van der Waals surface area contributed by atoms with E-state index in [1.54, 1.807) is 4.90 Å². The molecule has 0 saturated carbocycles. The highest BCUT2D eigenvalue weighted by atomic mass is 16.5. The van der Waals surface area contributed by atoms with E-state index in [2.05, 4.69) is 34.5 Å². The van der Waals surface area contributed by atoms with Gasteiger partial charge in [0.2, 0.25) is 0 Å². The van der Waals surface area contributed by atoms with Crippen molar-refractivity contribution >= 4 is 11.8 Å². The second-order valence-corrected chi connectivity index (χ2v) is 9.53. The van der Waals surface area contributed by atoms with Crippen LogP contribution in [0.25, 0.3) is 11.1 Å². The Morgan fingerprint density at radius 2 is 1.97 bits per heavy atom. The number of nitrogens with zero attached hydrogens (tertiary/aromatic N) is 3. The molecular formula is C25H35N5O3. The van der Waals surface area contributed by atoms with Crippen LogP contribution >= 0.6 is 0 Å². The first-order chi connectivity index (χ1) is 16.2. The smallest absolute Gasteiger partial charge is 0.414 e. The average Bonchev–Trinajstić information content (AvgIpc) is 3.55. The van der Waals surface area contributed by atoms with Crippen LogP contribution in [0.3, 0.4) is 0 Å². The molecule has 0 spiro atoms. The molecule has 33 heavy (non-hydrogen) atoms. The standard InChI is InChI=1S/C25H35N5O3/c1-17-3-4-22-23(30(17)25(31)32-2)6-5-21(24(22)33-16-18-7-10-27-13-18)19-14-28-29(15-19)20-8-11-26-12-9-20/h5-6,14-15,17-18,20,26-27H,3-4,7-13,16H2,1-2H3. The maximum atomic E-state index is 12.6. The van der Waals surface area contributed by atoms with Gasteiger partial charge in [0, 0.05) is 41.4 Å². The maximum Gasteiger partial charge on any atom is 0.414 e. The largest absolute Gasteiger partial charge is 0.492 e. The summed E-state index contributed by atoms with van der Waals surface area (Å²) in [6.07, 6.45) is 8.86. The van der Waals surface area contributed by atoms with E-state index < -0.39 is 0 Å². The van der Waals surface area contributed by atoms with E-state index >= 15 is 0 Å². The Hall–Kier alpha value is -2.58. The first kappa shape index (κ1) is 22.2. The zero-order valence-electron chi connectivity index (χ0n) is 19.7. The number of anilines is 1. The Morgan fingerprint density at radius 3 is 2.73 bits per heavy atom. The number of hydrogen-bond acceptors (Lipinski definition) is 6. The quantitative estimate of drug-likeness (QED) is 0.723. The molecule has 1 aromatic heterocycles. The fourth-order valence-corrected chi connectivity index (χ4v) is 5.38. The summed E-state index contributed by atoms with van der Waals surface area (Å²) in [6, 6.07) is 4.65. The highest BCUT2D eigenvalue weighted by Crippen LogP contribution is 2.43. The number of nitrogens with one attached hydrogen (secondary N) is 2. The summed E-state index contributed by atoms with van der Waals surface area (Å²) in [6.45, 7) is 6.84. The molecule has 2 saturated heterocycles. The highest BCUT2D eigenvalue weighted by Gasteiger charge is 2.32. The topological polar surface area (TPSA) is 80.7 Å². The average molecular weight is 454 g/mol. The maximum absolute atomic E-state index is 12.6. The van der Waals surface area contributed by atoms with E-state index in [4.69, 9.17) is 14.6 Å². The number of piperidine rings is 1. The summed E-state index contributed by atoms with van der Waals surface area (Å²) in [5, 5.41) is 11.6. The minimum Gasteiger partial charge on any atom is -0.492 e. The number of carbonyl (C=O) groups is 1. The van der Waals surface area contributed by atoms with Gasteiger partial charge in [-0.05, 0) is 70.8 Å². The summed E-state index contributed by atoms with van der Waals surface area (Å²) in [4.78, 5) is 14.4. The molecule has 2 N–H and O–H groups in total. The molecule has 2 fully saturated rings. The summed E-state index contributed by atoms with van der Waals surface area (Å²) >= 11 is 0. The monoisotopic (exact) mass is 453 g/mol. The Balaban J connectivity index is 1.51. The van der Waals surface area contributed by atoms with Gasteiger partial charge in [-0.2, -0.15) is 5.10 Å². The van der Waals surface area contributed by atoms with E-state index in [0.717, 1.165) is 86.4 Å². The summed E-state index contributed by atoms with van der Waals surface area (Å²) in [7, 11) is 1.44. The van der Waals surface area contributed by atoms with Gasteiger partial charge in [0.15, 0.2) is 0 Å². The van der Waals surface area contributed by atoms with Crippen molar-refractivity contribution < 1.29 is 14.3 Å². The van der Waals surface area contributed by atoms with Crippen LogP contribution in [0.4, 0.5) is 10.5 Å². The van der Waals surface area contributed by atoms with Crippen molar-refractivity contribution in [2.75, 3.05) is 44.8 Å². The lowest BCUT2D eigenvalue weighted by Crippen LogP contribution is -2.42. The molecule has 2 atom stereocenters. The number of fused-ring (bicyclic) bond motifs is 1. The molecule has 0 bridgehead atoms. The molecule has 8 heteroatoms. The molecular weight excluding hydrogens is 418 g/mol. The Kier molecular flexibility index (Phi) is 6.55. The predicted octanol–water partition coefficient (Wildman–Crippen LogP) is 3.37. The summed E-state index contributed by atoms with van der Waals surface area (Å²) in [5.74, 6) is 1.40. The molecule has 2 unspecified atom stereocenters. The van der Waals surface area contributed by atoms with Crippen molar-refractivity contribution in [3.8, 4) is 16.9 Å². The molecule has 4 heterocycles. The van der Waals surface area contributed by atoms with E-state index in [9.17, 15) is 4.79 Å². The lowest BCUT2D eigenvalue weighted by molar-refractivity contribution is 0.175. The number of benzene rings is 1. The normalized spacial score (nSPS) is 23.4. The van der Waals surface area contributed by atoms with Gasteiger partial charge in [0.1, 0.15) is 5.75 Å². The lowest BCUT2D eigenvalue weighted by Gasteiger charge is -2.35. The molecule has 3 aliphatic rings. The second kappa shape index (κ2) is 9.73. The number of ether oxygens (including phenoxy) is 2. The van der Waals surface area contributed by atoms with Crippen molar-refractivity contribution in [1.82, 2.24) is 20.4 Å². The van der Waals surface area contributed by atoms with E-state index in [1.165, 1.54) is 7.11 Å². The van der Waals surface area contributed by atoms with Gasteiger partial charge >= 0.3 is 6.09 Å². The lowest BCUT2D eigenvalue weighted by atomic mass is 9.92. The van der Waals surface area contributed by atoms with Crippen LogP contribution in [-0.2, 0) is 11.2 Å². The molecule has 0 aliphatic carbocycles. The van der Waals surface area contributed by atoms with Crippen LogP contribution in [0, 0.1) is 5.92 Å². The van der Waals surface area contributed by atoms with Gasteiger partial charge in [-0.25, -0.2) is 4.79 Å². The number of rotatable bonds is 5. The first-order valence-corrected chi connectivity index (χ1v) is 12.3. The van der Waals surface area contributed by atoms with Crippen LogP contribution in [-0.4, -0.2) is 61.8 Å². The Labute approximate surface area is 195 Å². The van der Waals surface area contributed by atoms with Crippen LogP contribution < -0.4 is 20.3 Å². The van der Waals surface area contributed by atoms with Crippen molar-refractivity contribution in [3.05, 3.63) is 30.1 Å². The van der Waals surface area contributed by atoms with Crippen LogP contribution in [0.5, 0.6) is 5.75 Å². The molecule has 5 rings (SSSR count). The van der Waals surface area contributed by atoms with Gasteiger partial charge in [0.25, 0.3) is 0 Å². The number of aromatic nitrogens is 2. The molecule has 1 aromatic carbocycles. The number of methoxy groups -OCH3 is 1. The fourth-order valence-electron chi connectivity index (χ4n) is 5.38. The van der Waals surface area contributed by atoms with Crippen molar-refractivity contribution in [2.24, 2.45) is 5.92 Å². The van der Waals surface area contributed by atoms with Gasteiger partial charge < -0.3 is 20.1 Å². The Morgan fingerprint density at radius 1 is 1.15 bits per heavy atom. The predicted molar refractivity (Wildman–Crippen MR) is 128 cm³/mol. The van der Waals surface area contributed by atoms with Crippen molar-refractivity contribution in [3.63, 3.8) is 0 Å². The molecule has 8 nitrogen and oxygen atoms in total. The number of carbonyl (C=O) groups excluding carboxylic acids is 1. The third kappa shape index (κ3) is 4.46. The number of hydrogen-bond donors (Lipinski definition) is 2. The van der Waals surface area contributed by atoms with Gasteiger partial charge in [-0.1, -0.05) is 0 Å². The van der Waals surface area contributed by atoms with Crippen molar-refractivity contribution in [2.45, 2.75) is 51.1 Å². The zero-order chi connectivity index (χ0) is 22.8. The third-order valence-electron chi connectivity index (χ3n) is 7.34. The molecule has 3 aliphatic heterocycles. The fraction of sp³-hybridized carbons (Fsp3) is 0.600. The van der Waals surface area contributed by atoms with Gasteiger partial charge in [-0.15, -0.1) is 0 Å². The van der Waals surface area contributed by atoms with E-state index in [0.29, 0.717) is 18.6 Å². The second-order valence-electron chi connectivity index (χ2n) is 9.53.